The topological polar surface area (TPSA) is 82.7 Å². The number of H-pyrrole nitrogens is 1. The summed E-state index contributed by atoms with van der Waals surface area (Å²) < 4.78 is 0. The van der Waals surface area contributed by atoms with Gasteiger partial charge in [0.25, 0.3) is 5.91 Å². The third-order valence-corrected chi connectivity index (χ3v) is 2.27. The molecular weight excluding hydrogens is 218 g/mol. The van der Waals surface area contributed by atoms with Gasteiger partial charge in [-0.05, 0) is 12.1 Å². The molecule has 0 saturated heterocycles. The molecule has 0 atom stereocenters. The molecule has 2 heterocycles. The van der Waals surface area contributed by atoms with E-state index in [1.165, 1.54) is 0 Å². The molecule has 0 aliphatic heterocycles. The van der Waals surface area contributed by atoms with Crippen molar-refractivity contribution in [1.82, 2.24) is 20.5 Å². The summed E-state index contributed by atoms with van der Waals surface area (Å²) in [5.74, 6) is -0.197. The summed E-state index contributed by atoms with van der Waals surface area (Å²) in [6, 6.07) is 3.52. The van der Waals surface area contributed by atoms with Crippen LogP contribution in [0, 0.1) is 0 Å². The van der Waals surface area contributed by atoms with Crippen LogP contribution in [-0.2, 0) is 6.54 Å². The maximum atomic E-state index is 11.4. The molecule has 17 heavy (non-hydrogen) atoms. The Hall–Kier alpha value is -2.37. The molecule has 88 valence electrons. The number of amides is 1. The van der Waals surface area contributed by atoms with E-state index in [1.54, 1.807) is 25.5 Å². The minimum atomic E-state index is -0.197. The lowest BCUT2D eigenvalue weighted by molar-refractivity contribution is 0.0958. The molecule has 0 fully saturated rings. The van der Waals surface area contributed by atoms with Crippen molar-refractivity contribution in [2.75, 3.05) is 12.4 Å². The summed E-state index contributed by atoms with van der Waals surface area (Å²) in [5.41, 5.74) is 2.28. The van der Waals surface area contributed by atoms with Crippen molar-refractivity contribution in [3.63, 3.8) is 0 Å². The van der Waals surface area contributed by atoms with E-state index in [0.717, 1.165) is 11.3 Å². The minimum absolute atomic E-state index is 0.197. The Labute approximate surface area is 98.5 Å². The molecule has 0 unspecified atom stereocenters. The van der Waals surface area contributed by atoms with E-state index in [1.807, 2.05) is 12.3 Å². The lowest BCUT2D eigenvalue weighted by Crippen LogP contribution is -2.19. The molecule has 0 aliphatic carbocycles. The number of hydrogen-bond acceptors (Lipinski definition) is 4. The molecule has 1 amide bonds. The first kappa shape index (κ1) is 11.1. The fourth-order valence-corrected chi connectivity index (χ4v) is 1.37. The Morgan fingerprint density at radius 3 is 3.12 bits per heavy atom. The van der Waals surface area contributed by atoms with Crippen LogP contribution in [-0.4, -0.2) is 28.1 Å². The van der Waals surface area contributed by atoms with Crippen molar-refractivity contribution in [3.05, 3.63) is 42.0 Å². The lowest BCUT2D eigenvalue weighted by Gasteiger charge is -2.05. The molecular formula is C11H13N5O. The average Bonchev–Trinajstić information content (AvgIpc) is 2.89. The fraction of sp³-hybridized carbons (Fsp3) is 0.182. The fourth-order valence-electron chi connectivity index (χ4n) is 1.37. The quantitative estimate of drug-likeness (QED) is 0.726. The highest BCUT2D eigenvalue weighted by molar-refractivity contribution is 5.92. The Balaban J connectivity index is 2.03. The highest BCUT2D eigenvalue weighted by Gasteiger charge is 2.05. The van der Waals surface area contributed by atoms with Crippen LogP contribution in [0.1, 0.15) is 16.1 Å². The van der Waals surface area contributed by atoms with Crippen molar-refractivity contribution in [2.45, 2.75) is 6.54 Å². The molecule has 0 radical (unpaired) electrons. The standard InChI is InChI=1S/C11H13N5O/c1-12-11(17)10-4-9(2-3-13-10)14-5-8-6-15-16-7-8/h2-4,6-7H,5H2,1H3,(H,12,17)(H,13,14)(H,15,16). The molecule has 6 nitrogen and oxygen atoms in total. The van der Waals surface area contributed by atoms with Crippen LogP contribution in [0.25, 0.3) is 0 Å². The van der Waals surface area contributed by atoms with Crippen LogP contribution in [0.15, 0.2) is 30.7 Å². The normalized spacial score (nSPS) is 9.94. The van der Waals surface area contributed by atoms with E-state index in [9.17, 15) is 4.79 Å². The predicted octanol–water partition coefficient (Wildman–Crippen LogP) is 0.776. The van der Waals surface area contributed by atoms with Crippen molar-refractivity contribution in [2.24, 2.45) is 0 Å². The minimum Gasteiger partial charge on any atom is -0.381 e. The molecule has 0 saturated carbocycles. The van der Waals surface area contributed by atoms with Gasteiger partial charge in [-0.2, -0.15) is 5.10 Å². The number of carbonyl (C=O) groups excluding carboxylic acids is 1. The van der Waals surface area contributed by atoms with E-state index in [2.05, 4.69) is 25.8 Å². The number of aromatic nitrogens is 3. The van der Waals surface area contributed by atoms with Gasteiger partial charge in [-0.1, -0.05) is 0 Å². The van der Waals surface area contributed by atoms with Gasteiger partial charge in [0.2, 0.25) is 0 Å². The monoisotopic (exact) mass is 231 g/mol. The second kappa shape index (κ2) is 5.11. The smallest absolute Gasteiger partial charge is 0.269 e. The number of hydrogen-bond donors (Lipinski definition) is 3. The third kappa shape index (κ3) is 2.81. The Morgan fingerprint density at radius 1 is 1.53 bits per heavy atom. The van der Waals surface area contributed by atoms with Gasteiger partial charge in [0.1, 0.15) is 5.69 Å². The van der Waals surface area contributed by atoms with E-state index in [4.69, 9.17) is 0 Å². The molecule has 2 rings (SSSR count). The lowest BCUT2D eigenvalue weighted by atomic mass is 10.3. The van der Waals surface area contributed by atoms with Gasteiger partial charge in [-0.15, -0.1) is 0 Å². The third-order valence-electron chi connectivity index (χ3n) is 2.27. The summed E-state index contributed by atoms with van der Waals surface area (Å²) >= 11 is 0. The van der Waals surface area contributed by atoms with Gasteiger partial charge in [0.15, 0.2) is 0 Å². The largest absolute Gasteiger partial charge is 0.381 e. The highest BCUT2D eigenvalue weighted by Crippen LogP contribution is 2.09. The van der Waals surface area contributed by atoms with E-state index in [0.29, 0.717) is 12.2 Å². The van der Waals surface area contributed by atoms with E-state index >= 15 is 0 Å². The highest BCUT2D eigenvalue weighted by atomic mass is 16.1. The molecule has 0 bridgehead atoms. The number of nitrogens with zero attached hydrogens (tertiary/aromatic N) is 2. The SMILES string of the molecule is CNC(=O)c1cc(NCc2cn[nH]c2)ccn1. The summed E-state index contributed by atoms with van der Waals surface area (Å²) in [6.45, 7) is 0.647. The van der Waals surface area contributed by atoms with Crippen LogP contribution in [0.4, 0.5) is 5.69 Å². The summed E-state index contributed by atoms with van der Waals surface area (Å²) in [5, 5.41) is 12.3. The molecule has 2 aromatic heterocycles. The molecule has 0 aromatic carbocycles. The van der Waals surface area contributed by atoms with Crippen LogP contribution < -0.4 is 10.6 Å². The second-order valence-corrected chi connectivity index (χ2v) is 3.47. The molecule has 0 spiro atoms. The zero-order chi connectivity index (χ0) is 12.1. The van der Waals surface area contributed by atoms with Crippen molar-refractivity contribution < 1.29 is 4.79 Å². The molecule has 0 aliphatic rings. The molecule has 2 aromatic rings. The summed E-state index contributed by atoms with van der Waals surface area (Å²) in [4.78, 5) is 15.4. The Bertz CT molecular complexity index is 494. The number of pyridine rings is 1. The second-order valence-electron chi connectivity index (χ2n) is 3.47. The van der Waals surface area contributed by atoms with Gasteiger partial charge >= 0.3 is 0 Å². The number of aromatic amines is 1. The van der Waals surface area contributed by atoms with E-state index < -0.39 is 0 Å². The van der Waals surface area contributed by atoms with Crippen LogP contribution in [0.5, 0.6) is 0 Å². The maximum absolute atomic E-state index is 11.4. The van der Waals surface area contributed by atoms with Gasteiger partial charge in [-0.3, -0.25) is 14.9 Å². The zero-order valence-corrected chi connectivity index (χ0v) is 9.40. The summed E-state index contributed by atoms with van der Waals surface area (Å²) in [7, 11) is 1.58. The number of rotatable bonds is 4. The first-order valence-electron chi connectivity index (χ1n) is 5.19. The summed E-state index contributed by atoms with van der Waals surface area (Å²) in [6.07, 6.45) is 5.16. The first-order valence-corrected chi connectivity index (χ1v) is 5.19. The van der Waals surface area contributed by atoms with Gasteiger partial charge in [-0.25, -0.2) is 0 Å². The number of nitrogens with one attached hydrogen (secondary N) is 3. The number of carbonyl (C=O) groups is 1. The molecule has 6 heteroatoms. The van der Waals surface area contributed by atoms with Crippen LogP contribution in [0.3, 0.4) is 0 Å². The maximum Gasteiger partial charge on any atom is 0.269 e. The van der Waals surface area contributed by atoms with Crippen molar-refractivity contribution in [1.29, 1.82) is 0 Å². The molecule has 3 N–H and O–H groups in total. The van der Waals surface area contributed by atoms with Crippen molar-refractivity contribution in [3.8, 4) is 0 Å². The Morgan fingerprint density at radius 2 is 2.41 bits per heavy atom. The average molecular weight is 231 g/mol. The Kier molecular flexibility index (Phi) is 3.34. The zero-order valence-electron chi connectivity index (χ0n) is 9.40. The van der Waals surface area contributed by atoms with Gasteiger partial charge < -0.3 is 10.6 Å². The van der Waals surface area contributed by atoms with Gasteiger partial charge in [0, 0.05) is 37.2 Å². The predicted molar refractivity (Wildman–Crippen MR) is 63.5 cm³/mol. The number of anilines is 1. The first-order chi connectivity index (χ1) is 8.29. The van der Waals surface area contributed by atoms with E-state index in [-0.39, 0.29) is 5.91 Å². The van der Waals surface area contributed by atoms with Gasteiger partial charge in [0.05, 0.1) is 6.20 Å². The van der Waals surface area contributed by atoms with Crippen molar-refractivity contribution >= 4 is 11.6 Å². The van der Waals surface area contributed by atoms with Crippen LogP contribution >= 0.6 is 0 Å². The van der Waals surface area contributed by atoms with Crippen LogP contribution in [0.2, 0.25) is 0 Å².